The van der Waals surface area contributed by atoms with E-state index in [4.69, 9.17) is 5.73 Å². The minimum absolute atomic E-state index is 0.241. The molecule has 0 aliphatic carbocycles. The topological polar surface area (TPSA) is 54.7 Å². The number of nitrogens with zero attached hydrogens (tertiary/aromatic N) is 1. The highest BCUT2D eigenvalue weighted by Crippen LogP contribution is 2.28. The minimum Gasteiger partial charge on any atom is -0.333 e. The second kappa shape index (κ2) is 5.64. The van der Waals surface area contributed by atoms with Gasteiger partial charge in [-0.1, -0.05) is 23.9 Å². The molecular weight excluding hydrogens is 273 g/mol. The van der Waals surface area contributed by atoms with Gasteiger partial charge in [0.15, 0.2) is 5.16 Å². The number of hydrogen-bond acceptors (Lipinski definition) is 3. The first kappa shape index (κ1) is 13.1. The Balaban J connectivity index is 1.90. The zero-order chi connectivity index (χ0) is 13.9. The third-order valence-corrected chi connectivity index (χ3v) is 3.80. The van der Waals surface area contributed by atoms with E-state index in [0.29, 0.717) is 13.0 Å². The van der Waals surface area contributed by atoms with Gasteiger partial charge in [0, 0.05) is 4.90 Å². The number of rotatable bonds is 4. The number of para-hydroxylation sites is 2. The monoisotopic (exact) mass is 287 g/mol. The summed E-state index contributed by atoms with van der Waals surface area (Å²) in [6, 6.07) is 12.8. The summed E-state index contributed by atoms with van der Waals surface area (Å²) < 4.78 is 13.6. The highest BCUT2D eigenvalue weighted by Gasteiger charge is 2.06. The molecule has 0 atom stereocenters. The van der Waals surface area contributed by atoms with Crippen LogP contribution in [0.25, 0.3) is 11.0 Å². The zero-order valence-corrected chi connectivity index (χ0v) is 11.6. The molecule has 0 amide bonds. The molecule has 0 radical (unpaired) electrons. The molecule has 0 saturated heterocycles. The summed E-state index contributed by atoms with van der Waals surface area (Å²) in [5.74, 6) is -0.241. The Hall–Kier alpha value is -1.85. The molecule has 0 fully saturated rings. The van der Waals surface area contributed by atoms with Gasteiger partial charge in [0.1, 0.15) is 5.82 Å². The lowest BCUT2D eigenvalue weighted by atomic mass is 10.1. The average molecular weight is 287 g/mol. The van der Waals surface area contributed by atoms with E-state index in [0.717, 1.165) is 26.6 Å². The molecular formula is C15H14FN3S. The van der Waals surface area contributed by atoms with Gasteiger partial charge in [-0.2, -0.15) is 0 Å². The fraction of sp³-hybridized carbons (Fsp3) is 0.133. The Bertz CT molecular complexity index is 706. The number of aromatic amines is 1. The molecule has 0 bridgehead atoms. The van der Waals surface area contributed by atoms with Gasteiger partial charge < -0.3 is 10.7 Å². The highest BCUT2D eigenvalue weighted by atomic mass is 32.2. The van der Waals surface area contributed by atoms with Crippen LogP contribution in [0.3, 0.4) is 0 Å². The van der Waals surface area contributed by atoms with Crippen molar-refractivity contribution in [3.05, 3.63) is 53.8 Å². The number of benzene rings is 2. The molecule has 2 aromatic carbocycles. The van der Waals surface area contributed by atoms with Crippen molar-refractivity contribution >= 4 is 22.8 Å². The van der Waals surface area contributed by atoms with E-state index in [9.17, 15) is 4.39 Å². The lowest BCUT2D eigenvalue weighted by molar-refractivity contribution is 0.621. The van der Waals surface area contributed by atoms with Crippen molar-refractivity contribution in [1.82, 2.24) is 9.97 Å². The van der Waals surface area contributed by atoms with Crippen LogP contribution in [0.2, 0.25) is 0 Å². The molecule has 102 valence electrons. The Kier molecular flexibility index (Phi) is 3.71. The number of nitrogens with one attached hydrogen (secondary N) is 1. The molecule has 0 aliphatic heterocycles. The van der Waals surface area contributed by atoms with Crippen molar-refractivity contribution in [2.24, 2.45) is 5.73 Å². The summed E-state index contributed by atoms with van der Waals surface area (Å²) in [7, 11) is 0. The van der Waals surface area contributed by atoms with Crippen LogP contribution in [-0.2, 0) is 6.42 Å². The van der Waals surface area contributed by atoms with E-state index in [1.165, 1.54) is 23.9 Å². The summed E-state index contributed by atoms with van der Waals surface area (Å²) in [4.78, 5) is 8.52. The minimum atomic E-state index is -0.241. The van der Waals surface area contributed by atoms with Gasteiger partial charge in [0.05, 0.1) is 11.0 Å². The molecule has 3 nitrogen and oxygen atoms in total. The normalized spacial score (nSPS) is 11.1. The standard InChI is InChI=1S/C15H14FN3S/c16-11-7-10(5-6-17)8-12(9-11)20-15-18-13-3-1-2-4-14(13)19-15/h1-4,7-9H,5-6,17H2,(H,18,19). The Morgan fingerprint density at radius 2 is 2.05 bits per heavy atom. The summed E-state index contributed by atoms with van der Waals surface area (Å²) in [5, 5.41) is 0.760. The number of fused-ring (bicyclic) bond motifs is 1. The van der Waals surface area contributed by atoms with Crippen LogP contribution in [0.5, 0.6) is 0 Å². The Morgan fingerprint density at radius 3 is 2.85 bits per heavy atom. The van der Waals surface area contributed by atoms with E-state index in [1.54, 1.807) is 0 Å². The summed E-state index contributed by atoms with van der Waals surface area (Å²) >= 11 is 1.42. The molecule has 0 aliphatic rings. The smallest absolute Gasteiger partial charge is 0.171 e. The summed E-state index contributed by atoms with van der Waals surface area (Å²) in [6.07, 6.45) is 0.672. The molecule has 0 saturated carbocycles. The number of imidazole rings is 1. The van der Waals surface area contributed by atoms with Gasteiger partial charge >= 0.3 is 0 Å². The van der Waals surface area contributed by atoms with E-state index in [1.807, 2.05) is 30.3 Å². The van der Waals surface area contributed by atoms with E-state index in [-0.39, 0.29) is 5.82 Å². The van der Waals surface area contributed by atoms with Crippen molar-refractivity contribution in [1.29, 1.82) is 0 Å². The van der Waals surface area contributed by atoms with Crippen molar-refractivity contribution < 1.29 is 4.39 Å². The second-order valence-corrected chi connectivity index (χ2v) is 5.56. The van der Waals surface area contributed by atoms with Crippen LogP contribution in [0, 0.1) is 5.82 Å². The van der Waals surface area contributed by atoms with Gasteiger partial charge in [-0.05, 0) is 48.9 Å². The van der Waals surface area contributed by atoms with Crippen LogP contribution < -0.4 is 5.73 Å². The van der Waals surface area contributed by atoms with Crippen LogP contribution in [-0.4, -0.2) is 16.5 Å². The van der Waals surface area contributed by atoms with Gasteiger partial charge in [-0.25, -0.2) is 9.37 Å². The number of hydrogen-bond donors (Lipinski definition) is 2. The molecule has 3 N–H and O–H groups in total. The van der Waals surface area contributed by atoms with Gasteiger partial charge in [-0.3, -0.25) is 0 Å². The zero-order valence-electron chi connectivity index (χ0n) is 10.8. The predicted octanol–water partition coefficient (Wildman–Crippen LogP) is 3.35. The quantitative estimate of drug-likeness (QED) is 0.773. The maximum Gasteiger partial charge on any atom is 0.171 e. The van der Waals surface area contributed by atoms with Gasteiger partial charge in [0.25, 0.3) is 0 Å². The number of nitrogens with two attached hydrogens (primary N) is 1. The van der Waals surface area contributed by atoms with Crippen LogP contribution in [0.1, 0.15) is 5.56 Å². The number of H-pyrrole nitrogens is 1. The summed E-state index contributed by atoms with van der Waals surface area (Å²) in [6.45, 7) is 0.512. The van der Waals surface area contributed by atoms with Gasteiger partial charge in [-0.15, -0.1) is 0 Å². The van der Waals surface area contributed by atoms with Crippen LogP contribution in [0.15, 0.2) is 52.5 Å². The van der Waals surface area contributed by atoms with E-state index >= 15 is 0 Å². The molecule has 3 rings (SSSR count). The Morgan fingerprint density at radius 1 is 1.20 bits per heavy atom. The Labute approximate surface area is 120 Å². The molecule has 1 heterocycles. The molecule has 20 heavy (non-hydrogen) atoms. The van der Waals surface area contributed by atoms with Crippen molar-refractivity contribution in [2.45, 2.75) is 16.5 Å². The second-order valence-electron chi connectivity index (χ2n) is 4.50. The maximum atomic E-state index is 13.6. The van der Waals surface area contributed by atoms with Crippen molar-refractivity contribution in [3.63, 3.8) is 0 Å². The molecule has 1 aromatic heterocycles. The fourth-order valence-corrected chi connectivity index (χ4v) is 2.99. The largest absolute Gasteiger partial charge is 0.333 e. The lowest BCUT2D eigenvalue weighted by Crippen LogP contribution is -2.03. The molecule has 0 unspecified atom stereocenters. The third kappa shape index (κ3) is 2.84. The first-order valence-electron chi connectivity index (χ1n) is 6.37. The predicted molar refractivity (Wildman–Crippen MR) is 79.4 cm³/mol. The first-order valence-corrected chi connectivity index (χ1v) is 7.18. The van der Waals surface area contributed by atoms with Crippen molar-refractivity contribution in [2.75, 3.05) is 6.54 Å². The fourth-order valence-electron chi connectivity index (χ4n) is 2.08. The average Bonchev–Trinajstić information content (AvgIpc) is 2.80. The molecule has 5 heteroatoms. The van der Waals surface area contributed by atoms with Crippen LogP contribution >= 0.6 is 11.8 Å². The highest BCUT2D eigenvalue weighted by molar-refractivity contribution is 7.99. The van der Waals surface area contributed by atoms with E-state index in [2.05, 4.69) is 9.97 Å². The van der Waals surface area contributed by atoms with Gasteiger partial charge in [0.2, 0.25) is 0 Å². The lowest BCUT2D eigenvalue weighted by Gasteiger charge is -2.03. The molecule has 0 spiro atoms. The third-order valence-electron chi connectivity index (χ3n) is 2.95. The summed E-state index contributed by atoms with van der Waals surface area (Å²) in [5.41, 5.74) is 8.32. The number of aromatic nitrogens is 2. The van der Waals surface area contributed by atoms with Crippen molar-refractivity contribution in [3.8, 4) is 0 Å². The van der Waals surface area contributed by atoms with E-state index < -0.39 is 0 Å². The maximum absolute atomic E-state index is 13.6. The number of halogens is 1. The first-order chi connectivity index (χ1) is 9.74. The SMILES string of the molecule is NCCc1cc(F)cc(Sc2nc3ccccc3[nH]2)c1. The van der Waals surface area contributed by atoms with Crippen LogP contribution in [0.4, 0.5) is 4.39 Å². The molecule has 3 aromatic rings.